The number of ether oxygens (including phenoxy) is 1. The first kappa shape index (κ1) is 20.4. The third-order valence-electron chi connectivity index (χ3n) is 5.05. The smallest absolute Gasteiger partial charge is 0.306 e. The number of carboxylic acid groups (broad SMARTS) is 1. The molecular weight excluding hydrogens is 398 g/mol. The quantitative estimate of drug-likeness (QED) is 0.394. The van der Waals surface area contributed by atoms with Crippen molar-refractivity contribution in [1.82, 2.24) is 15.5 Å². The van der Waals surface area contributed by atoms with Crippen LogP contribution in [0.1, 0.15) is 19.4 Å². The van der Waals surface area contributed by atoms with Gasteiger partial charge in [-0.25, -0.2) is 4.98 Å². The maximum atomic E-state index is 12.3. The molecule has 160 valence electrons. The SMILES string of the molecule is CCOc1cc(-c2cccc(CC(C)C(=O)O)c2)ccc1-c1nc2c(c(=O)[nH]1)NNN2. The lowest BCUT2D eigenvalue weighted by molar-refractivity contribution is -0.141. The predicted octanol–water partition coefficient (Wildman–Crippen LogP) is 3.02. The summed E-state index contributed by atoms with van der Waals surface area (Å²) in [6.07, 6.45) is 0.453. The molecule has 0 aliphatic carbocycles. The second-order valence-corrected chi connectivity index (χ2v) is 7.30. The lowest BCUT2D eigenvalue weighted by Gasteiger charge is -2.13. The van der Waals surface area contributed by atoms with Crippen molar-refractivity contribution in [3.8, 4) is 28.3 Å². The van der Waals surface area contributed by atoms with Gasteiger partial charge in [-0.1, -0.05) is 37.3 Å². The lowest BCUT2D eigenvalue weighted by atomic mass is 9.96. The summed E-state index contributed by atoms with van der Waals surface area (Å²) >= 11 is 0. The number of aromatic nitrogens is 2. The minimum absolute atomic E-state index is 0.302. The number of hydrazine groups is 2. The number of nitrogens with one attached hydrogen (secondary N) is 4. The summed E-state index contributed by atoms with van der Waals surface area (Å²) in [5.74, 6) is 0.110. The molecule has 2 heterocycles. The molecule has 1 aromatic heterocycles. The second kappa shape index (κ2) is 8.49. The van der Waals surface area contributed by atoms with Gasteiger partial charge in [0.25, 0.3) is 5.56 Å². The summed E-state index contributed by atoms with van der Waals surface area (Å²) in [6, 6.07) is 13.5. The maximum absolute atomic E-state index is 12.3. The lowest BCUT2D eigenvalue weighted by Crippen LogP contribution is -2.21. The average molecular weight is 421 g/mol. The Balaban J connectivity index is 1.71. The van der Waals surface area contributed by atoms with Gasteiger partial charge in [0.2, 0.25) is 0 Å². The van der Waals surface area contributed by atoms with Crippen LogP contribution in [0.2, 0.25) is 0 Å². The number of carboxylic acids is 1. The third-order valence-corrected chi connectivity index (χ3v) is 5.05. The summed E-state index contributed by atoms with van der Waals surface area (Å²) in [7, 11) is 0. The molecule has 0 saturated heterocycles. The number of H-pyrrole nitrogens is 1. The number of aromatic amines is 1. The molecule has 31 heavy (non-hydrogen) atoms. The van der Waals surface area contributed by atoms with Gasteiger partial charge in [-0.05, 0) is 42.2 Å². The summed E-state index contributed by atoms with van der Waals surface area (Å²) < 4.78 is 5.85. The molecule has 1 atom stereocenters. The molecule has 1 aliphatic rings. The van der Waals surface area contributed by atoms with Crippen molar-refractivity contribution >= 4 is 17.5 Å². The molecule has 2 aromatic carbocycles. The fourth-order valence-corrected chi connectivity index (χ4v) is 3.45. The Morgan fingerprint density at radius 2 is 1.97 bits per heavy atom. The number of rotatable bonds is 7. The molecule has 0 spiro atoms. The molecule has 0 bridgehead atoms. The number of benzene rings is 2. The van der Waals surface area contributed by atoms with Crippen molar-refractivity contribution < 1.29 is 14.6 Å². The monoisotopic (exact) mass is 421 g/mol. The number of nitrogens with zero attached hydrogens (tertiary/aromatic N) is 1. The van der Waals surface area contributed by atoms with E-state index in [0.29, 0.717) is 41.7 Å². The van der Waals surface area contributed by atoms with Crippen LogP contribution in [0.25, 0.3) is 22.5 Å². The van der Waals surface area contributed by atoms with E-state index in [1.165, 1.54) is 0 Å². The molecule has 9 heteroatoms. The van der Waals surface area contributed by atoms with E-state index < -0.39 is 11.9 Å². The Morgan fingerprint density at radius 1 is 1.16 bits per heavy atom. The fraction of sp³-hybridized carbons (Fsp3) is 0.227. The van der Waals surface area contributed by atoms with Crippen LogP contribution in [0.4, 0.5) is 11.5 Å². The first-order valence-electron chi connectivity index (χ1n) is 9.97. The molecule has 0 saturated carbocycles. The molecule has 1 unspecified atom stereocenters. The Bertz CT molecular complexity index is 1190. The zero-order valence-corrected chi connectivity index (χ0v) is 17.2. The Labute approximate surface area is 178 Å². The standard InChI is InChI=1S/C22H23N5O4/c1-3-31-17-11-15(14-6-4-5-13(10-14)9-12(2)22(29)30)7-8-16(17)19-23-20-18(21(28)24-19)25-27-26-20/h4-8,10-12,25,27H,3,9H2,1-2H3,(H,29,30)(H2,23,24,26,28). The van der Waals surface area contributed by atoms with Gasteiger partial charge in [0, 0.05) is 0 Å². The average Bonchev–Trinajstić information content (AvgIpc) is 3.23. The Hall–Kier alpha value is -3.85. The molecule has 0 amide bonds. The van der Waals surface area contributed by atoms with Gasteiger partial charge in [0.15, 0.2) is 11.5 Å². The number of carbonyl (C=O) groups is 1. The van der Waals surface area contributed by atoms with Gasteiger partial charge in [0.05, 0.1) is 18.1 Å². The highest BCUT2D eigenvalue weighted by Gasteiger charge is 2.19. The number of hydrogen-bond acceptors (Lipinski definition) is 7. The van der Waals surface area contributed by atoms with Crippen molar-refractivity contribution in [3.05, 3.63) is 58.4 Å². The molecule has 3 aromatic rings. The van der Waals surface area contributed by atoms with Gasteiger partial charge >= 0.3 is 5.97 Å². The number of aliphatic carboxylic acids is 1. The molecule has 5 N–H and O–H groups in total. The highest BCUT2D eigenvalue weighted by molar-refractivity contribution is 5.76. The first-order chi connectivity index (χ1) is 15.0. The van der Waals surface area contributed by atoms with E-state index in [4.69, 9.17) is 4.74 Å². The van der Waals surface area contributed by atoms with E-state index in [1.807, 2.05) is 49.4 Å². The zero-order chi connectivity index (χ0) is 22.0. The summed E-state index contributed by atoms with van der Waals surface area (Å²) in [5.41, 5.74) is 11.7. The first-order valence-corrected chi connectivity index (χ1v) is 9.97. The van der Waals surface area contributed by atoms with E-state index in [0.717, 1.165) is 16.7 Å². The van der Waals surface area contributed by atoms with Crippen LogP contribution in [0, 0.1) is 5.92 Å². The molecule has 9 nitrogen and oxygen atoms in total. The van der Waals surface area contributed by atoms with Gasteiger partial charge in [-0.2, -0.15) is 0 Å². The molecule has 4 rings (SSSR count). The van der Waals surface area contributed by atoms with E-state index >= 15 is 0 Å². The summed E-state index contributed by atoms with van der Waals surface area (Å²) in [4.78, 5) is 30.7. The van der Waals surface area contributed by atoms with Gasteiger partial charge in [0.1, 0.15) is 11.6 Å². The highest BCUT2D eigenvalue weighted by Crippen LogP contribution is 2.34. The Morgan fingerprint density at radius 3 is 2.74 bits per heavy atom. The summed E-state index contributed by atoms with van der Waals surface area (Å²) in [6.45, 7) is 4.03. The van der Waals surface area contributed by atoms with E-state index in [1.54, 1.807) is 6.92 Å². The Kier molecular flexibility index (Phi) is 5.59. The highest BCUT2D eigenvalue weighted by atomic mass is 16.5. The molecule has 1 aliphatic heterocycles. The number of anilines is 2. The van der Waals surface area contributed by atoms with Crippen LogP contribution in [0.5, 0.6) is 5.75 Å². The third kappa shape index (κ3) is 4.22. The van der Waals surface area contributed by atoms with Gasteiger partial charge < -0.3 is 14.8 Å². The zero-order valence-electron chi connectivity index (χ0n) is 17.2. The normalized spacial score (nSPS) is 13.1. The van der Waals surface area contributed by atoms with Crippen molar-refractivity contribution in [3.63, 3.8) is 0 Å². The second-order valence-electron chi connectivity index (χ2n) is 7.30. The maximum Gasteiger partial charge on any atom is 0.306 e. The number of hydrogen-bond donors (Lipinski definition) is 5. The molecule has 0 fully saturated rings. The van der Waals surface area contributed by atoms with Crippen LogP contribution >= 0.6 is 0 Å². The van der Waals surface area contributed by atoms with E-state index in [-0.39, 0.29) is 5.56 Å². The van der Waals surface area contributed by atoms with E-state index in [9.17, 15) is 14.7 Å². The van der Waals surface area contributed by atoms with Crippen LogP contribution in [0.15, 0.2) is 47.3 Å². The van der Waals surface area contributed by atoms with Gasteiger partial charge in [-0.3, -0.25) is 20.4 Å². The van der Waals surface area contributed by atoms with Crippen LogP contribution in [-0.4, -0.2) is 27.7 Å². The van der Waals surface area contributed by atoms with Crippen LogP contribution in [-0.2, 0) is 11.2 Å². The predicted molar refractivity (Wildman–Crippen MR) is 118 cm³/mol. The van der Waals surface area contributed by atoms with Gasteiger partial charge in [-0.15, -0.1) is 5.53 Å². The van der Waals surface area contributed by atoms with Crippen molar-refractivity contribution in [2.45, 2.75) is 20.3 Å². The topological polar surface area (TPSA) is 128 Å². The van der Waals surface area contributed by atoms with Crippen LogP contribution < -0.4 is 26.7 Å². The largest absolute Gasteiger partial charge is 0.493 e. The van der Waals surface area contributed by atoms with E-state index in [2.05, 4.69) is 26.4 Å². The molecular formula is C22H23N5O4. The number of fused-ring (bicyclic) bond motifs is 1. The fourth-order valence-electron chi connectivity index (χ4n) is 3.45. The molecule has 0 radical (unpaired) electrons. The summed E-state index contributed by atoms with van der Waals surface area (Å²) in [5, 5.41) is 9.18. The minimum Gasteiger partial charge on any atom is -0.493 e. The van der Waals surface area contributed by atoms with Crippen molar-refractivity contribution in [1.29, 1.82) is 0 Å². The van der Waals surface area contributed by atoms with Crippen LogP contribution in [0.3, 0.4) is 0 Å². The minimum atomic E-state index is -0.816. The van der Waals surface area contributed by atoms with Crippen molar-refractivity contribution in [2.24, 2.45) is 5.92 Å². The van der Waals surface area contributed by atoms with Crippen molar-refractivity contribution in [2.75, 3.05) is 17.5 Å².